The van der Waals surface area contributed by atoms with Crippen molar-refractivity contribution in [2.24, 2.45) is 0 Å². The van der Waals surface area contributed by atoms with Gasteiger partial charge in [-0.05, 0) is 6.42 Å². The predicted octanol–water partition coefficient (Wildman–Crippen LogP) is 1.93. The summed E-state index contributed by atoms with van der Waals surface area (Å²) in [6.45, 7) is 2.84. The van der Waals surface area contributed by atoms with E-state index in [-0.39, 0.29) is 5.69 Å². The second-order valence-electron chi connectivity index (χ2n) is 3.58. The van der Waals surface area contributed by atoms with Gasteiger partial charge in [-0.15, -0.1) is 0 Å². The average Bonchev–Trinajstić information content (AvgIpc) is 2.78. The number of aromatic nitrogens is 4. The summed E-state index contributed by atoms with van der Waals surface area (Å²) in [6, 6.07) is 0. The minimum atomic E-state index is -0.465. The van der Waals surface area contributed by atoms with Crippen molar-refractivity contribution in [3.05, 3.63) is 24.4 Å². The second-order valence-corrected chi connectivity index (χ2v) is 3.58. The van der Waals surface area contributed by atoms with Crippen LogP contribution in [0, 0.1) is 5.82 Å². The fourth-order valence-corrected chi connectivity index (χ4v) is 1.59. The fourth-order valence-electron chi connectivity index (χ4n) is 1.59. The number of hydrogen-bond acceptors (Lipinski definition) is 4. The Morgan fingerprint density at radius 2 is 2.24 bits per heavy atom. The molecule has 0 saturated heterocycles. The van der Waals surface area contributed by atoms with E-state index in [1.165, 1.54) is 0 Å². The van der Waals surface area contributed by atoms with Gasteiger partial charge in [0, 0.05) is 26.0 Å². The summed E-state index contributed by atoms with van der Waals surface area (Å²) in [5, 5.41) is 2.78. The van der Waals surface area contributed by atoms with Gasteiger partial charge in [0.1, 0.15) is 5.69 Å². The summed E-state index contributed by atoms with van der Waals surface area (Å²) in [7, 11) is 1.69. The summed E-state index contributed by atoms with van der Waals surface area (Å²) >= 11 is 0. The van der Waals surface area contributed by atoms with E-state index in [9.17, 15) is 4.39 Å². The largest absolute Gasteiger partial charge is 0.357 e. The lowest BCUT2D eigenvalue weighted by Gasteiger charge is -2.07. The molecule has 0 fully saturated rings. The highest BCUT2D eigenvalue weighted by molar-refractivity contribution is 5.52. The third-order valence-electron chi connectivity index (χ3n) is 2.36. The Morgan fingerprint density at radius 3 is 2.94 bits per heavy atom. The molecule has 0 spiro atoms. The van der Waals surface area contributed by atoms with E-state index in [0.29, 0.717) is 11.8 Å². The van der Waals surface area contributed by atoms with E-state index >= 15 is 0 Å². The van der Waals surface area contributed by atoms with E-state index in [1.807, 2.05) is 10.8 Å². The van der Waals surface area contributed by atoms with Crippen LogP contribution in [0.5, 0.6) is 0 Å². The Labute approximate surface area is 98.7 Å². The Balaban J connectivity index is 2.47. The number of halogens is 1. The molecular weight excluding hydrogens is 221 g/mol. The molecule has 5 nitrogen and oxygen atoms in total. The lowest BCUT2D eigenvalue weighted by Crippen LogP contribution is -2.05. The van der Waals surface area contributed by atoms with Crippen LogP contribution in [0.3, 0.4) is 0 Å². The van der Waals surface area contributed by atoms with Gasteiger partial charge in [0.05, 0.1) is 6.20 Å². The highest BCUT2D eigenvalue weighted by Gasteiger charge is 2.13. The van der Waals surface area contributed by atoms with Crippen LogP contribution in [0.4, 0.5) is 10.3 Å². The minimum absolute atomic E-state index is 0.225. The number of anilines is 1. The summed E-state index contributed by atoms with van der Waals surface area (Å²) in [4.78, 5) is 12.1. The molecule has 6 heteroatoms. The molecule has 0 aliphatic carbocycles. The van der Waals surface area contributed by atoms with Gasteiger partial charge in [0.2, 0.25) is 5.95 Å². The van der Waals surface area contributed by atoms with Crippen LogP contribution < -0.4 is 5.32 Å². The fraction of sp³-hybridized carbons (Fsp3) is 0.364. The number of imidazole rings is 1. The zero-order valence-electron chi connectivity index (χ0n) is 9.81. The molecule has 0 aliphatic heterocycles. The van der Waals surface area contributed by atoms with Crippen LogP contribution in [0.25, 0.3) is 11.5 Å². The van der Waals surface area contributed by atoms with E-state index < -0.39 is 5.82 Å². The first-order chi connectivity index (χ1) is 8.26. The Morgan fingerprint density at radius 1 is 1.41 bits per heavy atom. The van der Waals surface area contributed by atoms with Crippen molar-refractivity contribution in [2.75, 3.05) is 12.4 Å². The Hall–Kier alpha value is -1.98. The van der Waals surface area contributed by atoms with Gasteiger partial charge in [-0.25, -0.2) is 19.3 Å². The summed E-state index contributed by atoms with van der Waals surface area (Å²) < 4.78 is 15.6. The second kappa shape index (κ2) is 4.90. The van der Waals surface area contributed by atoms with Crippen molar-refractivity contribution in [3.8, 4) is 11.5 Å². The van der Waals surface area contributed by atoms with Crippen LogP contribution >= 0.6 is 0 Å². The van der Waals surface area contributed by atoms with Gasteiger partial charge in [-0.1, -0.05) is 6.92 Å². The zero-order valence-corrected chi connectivity index (χ0v) is 9.81. The summed E-state index contributed by atoms with van der Waals surface area (Å²) in [5.41, 5.74) is 0.225. The quantitative estimate of drug-likeness (QED) is 0.879. The van der Waals surface area contributed by atoms with Crippen molar-refractivity contribution in [1.29, 1.82) is 0 Å². The van der Waals surface area contributed by atoms with Crippen molar-refractivity contribution in [3.63, 3.8) is 0 Å². The Kier molecular flexibility index (Phi) is 3.32. The molecule has 0 atom stereocenters. The van der Waals surface area contributed by atoms with Crippen LogP contribution in [-0.2, 0) is 6.54 Å². The standard InChI is InChI=1S/C11H14FN5/c1-3-5-17-6-4-14-10(17)9-8(12)7-15-11(13-2)16-9/h4,6-7H,3,5H2,1-2H3,(H,13,15,16). The maximum atomic E-state index is 13.7. The molecule has 90 valence electrons. The lowest BCUT2D eigenvalue weighted by molar-refractivity contribution is 0.611. The lowest BCUT2D eigenvalue weighted by atomic mass is 10.3. The third-order valence-corrected chi connectivity index (χ3v) is 2.36. The maximum Gasteiger partial charge on any atom is 0.223 e. The van der Waals surface area contributed by atoms with Gasteiger partial charge in [-0.3, -0.25) is 0 Å². The number of nitrogens with zero attached hydrogens (tertiary/aromatic N) is 4. The first kappa shape index (κ1) is 11.5. The average molecular weight is 235 g/mol. The zero-order chi connectivity index (χ0) is 12.3. The van der Waals surface area contributed by atoms with Gasteiger partial charge in [-0.2, -0.15) is 0 Å². The van der Waals surface area contributed by atoms with Crippen molar-refractivity contribution in [1.82, 2.24) is 19.5 Å². The molecule has 0 radical (unpaired) electrons. The Bertz CT molecular complexity index is 508. The minimum Gasteiger partial charge on any atom is -0.357 e. The van der Waals surface area contributed by atoms with Gasteiger partial charge in [0.25, 0.3) is 0 Å². The normalized spacial score (nSPS) is 10.5. The number of rotatable bonds is 4. The molecule has 2 rings (SSSR count). The first-order valence-electron chi connectivity index (χ1n) is 5.48. The molecule has 17 heavy (non-hydrogen) atoms. The van der Waals surface area contributed by atoms with Gasteiger partial charge < -0.3 is 9.88 Å². The topological polar surface area (TPSA) is 55.6 Å². The maximum absolute atomic E-state index is 13.7. The highest BCUT2D eigenvalue weighted by atomic mass is 19.1. The molecule has 2 aromatic heterocycles. The van der Waals surface area contributed by atoms with E-state index in [4.69, 9.17) is 0 Å². The van der Waals surface area contributed by atoms with Gasteiger partial charge >= 0.3 is 0 Å². The molecule has 0 unspecified atom stereocenters. The molecule has 0 aliphatic rings. The van der Waals surface area contributed by atoms with Crippen LogP contribution in [0.15, 0.2) is 18.6 Å². The van der Waals surface area contributed by atoms with E-state index in [0.717, 1.165) is 19.2 Å². The molecule has 0 bridgehead atoms. The van der Waals surface area contributed by atoms with Crippen molar-refractivity contribution in [2.45, 2.75) is 19.9 Å². The van der Waals surface area contributed by atoms with Gasteiger partial charge in [0.15, 0.2) is 11.6 Å². The molecule has 2 heterocycles. The molecular formula is C11H14FN5. The monoisotopic (exact) mass is 235 g/mol. The number of nitrogens with one attached hydrogen (secondary N) is 1. The summed E-state index contributed by atoms with van der Waals surface area (Å²) in [5.74, 6) is 0.447. The SMILES string of the molecule is CCCn1ccnc1-c1nc(NC)ncc1F. The molecule has 2 aromatic rings. The number of hydrogen-bond donors (Lipinski definition) is 1. The van der Waals surface area contributed by atoms with Crippen LogP contribution in [0.2, 0.25) is 0 Å². The van der Waals surface area contributed by atoms with E-state index in [1.54, 1.807) is 13.2 Å². The van der Waals surface area contributed by atoms with Crippen molar-refractivity contribution >= 4 is 5.95 Å². The van der Waals surface area contributed by atoms with Crippen molar-refractivity contribution < 1.29 is 4.39 Å². The van der Waals surface area contributed by atoms with Crippen LogP contribution in [0.1, 0.15) is 13.3 Å². The molecule has 0 amide bonds. The summed E-state index contributed by atoms with van der Waals surface area (Å²) in [6.07, 6.45) is 5.57. The molecule has 0 saturated carbocycles. The number of aryl methyl sites for hydroxylation is 1. The first-order valence-corrected chi connectivity index (χ1v) is 5.48. The molecule has 1 N–H and O–H groups in total. The smallest absolute Gasteiger partial charge is 0.223 e. The predicted molar refractivity (Wildman–Crippen MR) is 63.0 cm³/mol. The van der Waals surface area contributed by atoms with Crippen LogP contribution in [-0.4, -0.2) is 26.6 Å². The third kappa shape index (κ3) is 2.25. The molecule has 0 aromatic carbocycles. The highest BCUT2D eigenvalue weighted by Crippen LogP contribution is 2.19. The van der Waals surface area contributed by atoms with E-state index in [2.05, 4.69) is 27.2 Å².